The standard InChI is InChI=1S/C20H17FN4O3/c21-15-4-2-1-3-13(15)7-9-22-20-23-10-8-16(25-20)19(26)24-14-5-6-17-18(11-14)28-12-27-17/h1-6,8,10-11H,7,9,12H2,(H,24,26)(H,22,23,25). The third-order valence-corrected chi connectivity index (χ3v) is 4.15. The number of nitrogens with one attached hydrogen (secondary N) is 2. The van der Waals surface area contributed by atoms with Crippen LogP contribution in [0.15, 0.2) is 54.7 Å². The number of carbonyl (C=O) groups excluding carboxylic acids is 1. The summed E-state index contributed by atoms with van der Waals surface area (Å²) in [5.74, 6) is 0.896. The number of benzene rings is 2. The first kappa shape index (κ1) is 17.7. The first-order valence-electron chi connectivity index (χ1n) is 8.70. The quantitative estimate of drug-likeness (QED) is 0.683. The van der Waals surface area contributed by atoms with Crippen LogP contribution in [-0.4, -0.2) is 29.2 Å². The normalized spacial score (nSPS) is 11.9. The van der Waals surface area contributed by atoms with Crippen LogP contribution in [-0.2, 0) is 6.42 Å². The molecule has 0 spiro atoms. The van der Waals surface area contributed by atoms with Gasteiger partial charge in [-0.05, 0) is 36.2 Å². The fourth-order valence-electron chi connectivity index (χ4n) is 2.75. The van der Waals surface area contributed by atoms with Crippen molar-refractivity contribution in [2.75, 3.05) is 24.0 Å². The predicted molar refractivity (Wildman–Crippen MR) is 101 cm³/mol. The zero-order valence-corrected chi connectivity index (χ0v) is 14.8. The largest absolute Gasteiger partial charge is 0.454 e. The molecule has 0 unspecified atom stereocenters. The van der Waals surface area contributed by atoms with Gasteiger partial charge in [-0.2, -0.15) is 0 Å². The molecule has 0 atom stereocenters. The molecule has 2 aromatic carbocycles. The van der Waals surface area contributed by atoms with Crippen LogP contribution in [0.3, 0.4) is 0 Å². The summed E-state index contributed by atoms with van der Waals surface area (Å²) < 4.78 is 24.2. The van der Waals surface area contributed by atoms with E-state index in [0.717, 1.165) is 0 Å². The highest BCUT2D eigenvalue weighted by Crippen LogP contribution is 2.34. The Bertz CT molecular complexity index is 1010. The van der Waals surface area contributed by atoms with E-state index in [1.165, 1.54) is 18.3 Å². The Morgan fingerprint density at radius 3 is 2.86 bits per heavy atom. The Labute approximate surface area is 160 Å². The maximum absolute atomic E-state index is 13.6. The van der Waals surface area contributed by atoms with E-state index in [1.54, 1.807) is 36.4 Å². The minimum Gasteiger partial charge on any atom is -0.454 e. The van der Waals surface area contributed by atoms with Crippen LogP contribution in [0, 0.1) is 5.82 Å². The number of carbonyl (C=O) groups is 1. The number of hydrogen-bond acceptors (Lipinski definition) is 6. The van der Waals surface area contributed by atoms with Crippen molar-refractivity contribution in [3.05, 3.63) is 71.8 Å². The molecule has 1 amide bonds. The highest BCUT2D eigenvalue weighted by molar-refractivity contribution is 6.03. The van der Waals surface area contributed by atoms with Crippen molar-refractivity contribution in [1.29, 1.82) is 0 Å². The topological polar surface area (TPSA) is 85.4 Å². The number of hydrogen-bond donors (Lipinski definition) is 2. The van der Waals surface area contributed by atoms with E-state index < -0.39 is 0 Å². The Balaban J connectivity index is 1.37. The van der Waals surface area contributed by atoms with E-state index in [1.807, 2.05) is 0 Å². The number of halogens is 1. The fourth-order valence-corrected chi connectivity index (χ4v) is 2.75. The van der Waals surface area contributed by atoms with Crippen LogP contribution in [0.25, 0.3) is 0 Å². The van der Waals surface area contributed by atoms with Crippen molar-refractivity contribution in [2.45, 2.75) is 6.42 Å². The molecule has 8 heteroatoms. The monoisotopic (exact) mass is 380 g/mol. The lowest BCUT2D eigenvalue weighted by atomic mass is 10.1. The molecule has 0 saturated carbocycles. The molecule has 28 heavy (non-hydrogen) atoms. The summed E-state index contributed by atoms with van der Waals surface area (Å²) in [6, 6.07) is 13.3. The second kappa shape index (κ2) is 7.91. The highest BCUT2D eigenvalue weighted by Gasteiger charge is 2.15. The highest BCUT2D eigenvalue weighted by atomic mass is 19.1. The van der Waals surface area contributed by atoms with Crippen molar-refractivity contribution < 1.29 is 18.7 Å². The second-order valence-corrected chi connectivity index (χ2v) is 6.06. The van der Waals surface area contributed by atoms with Crippen molar-refractivity contribution in [3.8, 4) is 11.5 Å². The van der Waals surface area contributed by atoms with Gasteiger partial charge in [0.2, 0.25) is 12.7 Å². The molecule has 1 aromatic heterocycles. The summed E-state index contributed by atoms with van der Waals surface area (Å²) in [6.07, 6.45) is 1.97. The summed E-state index contributed by atoms with van der Waals surface area (Å²) >= 11 is 0. The van der Waals surface area contributed by atoms with E-state index in [9.17, 15) is 9.18 Å². The number of amides is 1. The number of nitrogens with zero attached hydrogens (tertiary/aromatic N) is 2. The molecule has 1 aliphatic heterocycles. The maximum atomic E-state index is 13.6. The third kappa shape index (κ3) is 4.01. The van der Waals surface area contributed by atoms with Gasteiger partial charge in [-0.1, -0.05) is 18.2 Å². The van der Waals surface area contributed by atoms with Crippen LogP contribution >= 0.6 is 0 Å². The number of ether oxygens (including phenoxy) is 2. The lowest BCUT2D eigenvalue weighted by Gasteiger charge is -2.08. The Morgan fingerprint density at radius 2 is 1.96 bits per heavy atom. The third-order valence-electron chi connectivity index (χ3n) is 4.15. The first-order chi connectivity index (χ1) is 13.7. The van der Waals surface area contributed by atoms with E-state index in [2.05, 4.69) is 20.6 Å². The van der Waals surface area contributed by atoms with Gasteiger partial charge in [-0.15, -0.1) is 0 Å². The number of rotatable bonds is 6. The Hall–Kier alpha value is -3.68. The van der Waals surface area contributed by atoms with E-state index >= 15 is 0 Å². The molecule has 3 aromatic rings. The van der Waals surface area contributed by atoms with Gasteiger partial charge in [0.15, 0.2) is 11.5 Å². The van der Waals surface area contributed by atoms with Gasteiger partial charge in [0.05, 0.1) is 0 Å². The molecule has 1 aliphatic rings. The summed E-state index contributed by atoms with van der Waals surface area (Å²) in [4.78, 5) is 20.8. The van der Waals surface area contributed by atoms with E-state index in [0.29, 0.717) is 41.7 Å². The van der Waals surface area contributed by atoms with Gasteiger partial charge in [-0.25, -0.2) is 14.4 Å². The van der Waals surface area contributed by atoms with Crippen molar-refractivity contribution in [3.63, 3.8) is 0 Å². The molecular weight excluding hydrogens is 363 g/mol. The predicted octanol–water partition coefficient (Wildman–Crippen LogP) is 3.25. The van der Waals surface area contributed by atoms with Crippen molar-refractivity contribution in [2.24, 2.45) is 0 Å². The molecule has 2 heterocycles. The van der Waals surface area contributed by atoms with Gasteiger partial charge < -0.3 is 20.1 Å². The van der Waals surface area contributed by atoms with Crippen LogP contribution in [0.1, 0.15) is 16.1 Å². The smallest absolute Gasteiger partial charge is 0.274 e. The summed E-state index contributed by atoms with van der Waals surface area (Å²) in [5, 5.41) is 5.77. The molecular formula is C20H17FN4O3. The Kier molecular flexibility index (Phi) is 5.01. The molecule has 0 fully saturated rings. The van der Waals surface area contributed by atoms with Crippen LogP contribution < -0.4 is 20.1 Å². The summed E-state index contributed by atoms with van der Waals surface area (Å²) in [6.45, 7) is 0.606. The van der Waals surface area contributed by atoms with Crippen LogP contribution in [0.2, 0.25) is 0 Å². The van der Waals surface area contributed by atoms with Gasteiger partial charge in [0.1, 0.15) is 11.5 Å². The number of fused-ring (bicyclic) bond motifs is 1. The minimum absolute atomic E-state index is 0.167. The summed E-state index contributed by atoms with van der Waals surface area (Å²) in [5.41, 5.74) is 1.38. The lowest BCUT2D eigenvalue weighted by Crippen LogP contribution is -2.16. The molecule has 7 nitrogen and oxygen atoms in total. The SMILES string of the molecule is O=C(Nc1ccc2c(c1)OCO2)c1ccnc(NCCc2ccccc2F)n1. The molecule has 142 valence electrons. The van der Waals surface area contributed by atoms with Crippen molar-refractivity contribution in [1.82, 2.24) is 9.97 Å². The zero-order valence-electron chi connectivity index (χ0n) is 14.8. The first-order valence-corrected chi connectivity index (χ1v) is 8.70. The minimum atomic E-state index is -0.376. The van der Waals surface area contributed by atoms with Gasteiger partial charge >= 0.3 is 0 Å². The zero-order chi connectivity index (χ0) is 19.3. The van der Waals surface area contributed by atoms with E-state index in [4.69, 9.17) is 9.47 Å². The fraction of sp³-hybridized carbons (Fsp3) is 0.150. The average molecular weight is 380 g/mol. The van der Waals surface area contributed by atoms with Gasteiger partial charge in [-0.3, -0.25) is 4.79 Å². The number of aromatic nitrogens is 2. The molecule has 0 radical (unpaired) electrons. The molecule has 2 N–H and O–H groups in total. The summed E-state index contributed by atoms with van der Waals surface area (Å²) in [7, 11) is 0. The molecule has 0 bridgehead atoms. The average Bonchev–Trinajstić information content (AvgIpc) is 3.17. The molecule has 0 saturated heterocycles. The number of anilines is 2. The van der Waals surface area contributed by atoms with Gasteiger partial charge in [0, 0.05) is 24.5 Å². The van der Waals surface area contributed by atoms with Gasteiger partial charge in [0.25, 0.3) is 5.91 Å². The lowest BCUT2D eigenvalue weighted by molar-refractivity contribution is 0.102. The van der Waals surface area contributed by atoms with Crippen LogP contribution in [0.4, 0.5) is 16.0 Å². The Morgan fingerprint density at radius 1 is 1.11 bits per heavy atom. The van der Waals surface area contributed by atoms with Crippen LogP contribution in [0.5, 0.6) is 11.5 Å². The molecule has 4 rings (SSSR count). The van der Waals surface area contributed by atoms with Crippen molar-refractivity contribution >= 4 is 17.5 Å². The maximum Gasteiger partial charge on any atom is 0.274 e. The molecule has 0 aliphatic carbocycles. The second-order valence-electron chi connectivity index (χ2n) is 6.06. The van der Waals surface area contributed by atoms with E-state index in [-0.39, 0.29) is 24.2 Å².